The number of benzene rings is 2. The van der Waals surface area contributed by atoms with Gasteiger partial charge in [0.25, 0.3) is 5.69 Å². The quantitative estimate of drug-likeness (QED) is 0.398. The molecule has 0 spiro atoms. The van der Waals surface area contributed by atoms with E-state index in [2.05, 4.69) is 0 Å². The van der Waals surface area contributed by atoms with Crippen molar-refractivity contribution in [3.8, 4) is 11.5 Å². The minimum Gasteiger partial charge on any atom is -0.485 e. The van der Waals surface area contributed by atoms with Crippen molar-refractivity contribution in [2.24, 2.45) is 0 Å². The van der Waals surface area contributed by atoms with Crippen LogP contribution in [-0.4, -0.2) is 32.0 Å². The van der Waals surface area contributed by atoms with Gasteiger partial charge in [0, 0.05) is 26.4 Å². The van der Waals surface area contributed by atoms with Crippen LogP contribution in [0.15, 0.2) is 48.5 Å². The third kappa shape index (κ3) is 4.94. The van der Waals surface area contributed by atoms with E-state index in [0.29, 0.717) is 17.1 Å². The van der Waals surface area contributed by atoms with Crippen molar-refractivity contribution >= 4 is 5.69 Å². The van der Waals surface area contributed by atoms with Crippen LogP contribution in [0.25, 0.3) is 0 Å². The van der Waals surface area contributed by atoms with E-state index < -0.39 is 11.2 Å². The number of nitrogens with zero attached hydrogens (tertiary/aromatic N) is 1. The van der Waals surface area contributed by atoms with Gasteiger partial charge in [-0.1, -0.05) is 24.3 Å². The lowest BCUT2D eigenvalue weighted by Gasteiger charge is -2.16. The first kappa shape index (κ1) is 17.7. The number of rotatable bonds is 9. The van der Waals surface area contributed by atoms with E-state index in [1.807, 2.05) is 12.1 Å². The van der Waals surface area contributed by atoms with Crippen LogP contribution in [0.1, 0.15) is 5.56 Å². The summed E-state index contributed by atoms with van der Waals surface area (Å²) in [6, 6.07) is 13.5. The first-order valence-electron chi connectivity index (χ1n) is 7.27. The molecule has 2 aromatic carbocycles. The molecule has 0 fully saturated rings. The summed E-state index contributed by atoms with van der Waals surface area (Å²) in [5.74, 6) is 1.08. The minimum atomic E-state index is -0.477. The molecule has 0 aliphatic heterocycles. The lowest BCUT2D eigenvalue weighted by Crippen LogP contribution is -2.22. The van der Waals surface area contributed by atoms with Crippen LogP contribution < -0.4 is 9.47 Å². The van der Waals surface area contributed by atoms with Gasteiger partial charge in [0.15, 0.2) is 17.8 Å². The fraction of sp³-hybridized carbons (Fsp3) is 0.294. The van der Waals surface area contributed by atoms with E-state index in [1.54, 1.807) is 24.3 Å². The number of ether oxygens (including phenoxy) is 4. The van der Waals surface area contributed by atoms with E-state index in [1.165, 1.54) is 26.4 Å². The zero-order valence-corrected chi connectivity index (χ0v) is 13.5. The van der Waals surface area contributed by atoms with Crippen LogP contribution in [0.5, 0.6) is 11.5 Å². The van der Waals surface area contributed by atoms with Gasteiger partial charge in [0.1, 0.15) is 13.2 Å². The zero-order valence-electron chi connectivity index (χ0n) is 13.5. The molecular formula is C17H19NO6. The summed E-state index contributed by atoms with van der Waals surface area (Å²) in [7, 11) is 3.06. The number of hydrogen-bond acceptors (Lipinski definition) is 6. The largest absolute Gasteiger partial charge is 0.485 e. The fourth-order valence-corrected chi connectivity index (χ4v) is 2.00. The molecule has 0 aromatic heterocycles. The minimum absolute atomic E-state index is 0.0312. The average molecular weight is 333 g/mol. The normalized spacial score (nSPS) is 10.6. The molecule has 0 unspecified atom stereocenters. The summed E-state index contributed by atoms with van der Waals surface area (Å²) in [5.41, 5.74) is 0.731. The first-order chi connectivity index (χ1) is 11.6. The first-order valence-corrected chi connectivity index (χ1v) is 7.27. The van der Waals surface area contributed by atoms with Gasteiger partial charge in [-0.25, -0.2) is 0 Å². The Morgan fingerprint density at radius 1 is 1.00 bits per heavy atom. The molecule has 0 heterocycles. The molecule has 0 atom stereocenters. The van der Waals surface area contributed by atoms with E-state index in [-0.39, 0.29) is 18.9 Å². The molecule has 128 valence electrons. The summed E-state index contributed by atoms with van der Waals surface area (Å²) in [5, 5.41) is 10.8. The predicted octanol–water partition coefficient (Wildman–Crippen LogP) is 3.17. The Balaban J connectivity index is 2.02. The highest BCUT2D eigenvalue weighted by molar-refractivity contribution is 5.40. The van der Waals surface area contributed by atoms with E-state index in [9.17, 15) is 10.1 Å². The Bertz CT molecular complexity index is 672. The van der Waals surface area contributed by atoms with Gasteiger partial charge in [-0.2, -0.15) is 0 Å². The average Bonchev–Trinajstić information content (AvgIpc) is 2.62. The zero-order chi connectivity index (χ0) is 17.4. The molecule has 0 saturated heterocycles. The molecule has 7 nitrogen and oxygen atoms in total. The Morgan fingerprint density at radius 3 is 2.29 bits per heavy atom. The number of non-ortho nitro benzene ring substituents is 1. The lowest BCUT2D eigenvalue weighted by atomic mass is 10.2. The second kappa shape index (κ2) is 8.85. The molecule has 0 aliphatic carbocycles. The highest BCUT2D eigenvalue weighted by Gasteiger charge is 2.11. The Morgan fingerprint density at radius 2 is 1.67 bits per heavy atom. The fourth-order valence-electron chi connectivity index (χ4n) is 2.00. The van der Waals surface area contributed by atoms with Gasteiger partial charge in [-0.15, -0.1) is 0 Å². The van der Waals surface area contributed by atoms with E-state index >= 15 is 0 Å². The Hall–Kier alpha value is -2.64. The molecule has 0 radical (unpaired) electrons. The molecule has 2 rings (SSSR count). The number of hydrogen-bond donors (Lipinski definition) is 0. The van der Waals surface area contributed by atoms with Gasteiger partial charge < -0.3 is 18.9 Å². The highest BCUT2D eigenvalue weighted by Crippen LogP contribution is 2.28. The molecule has 0 amide bonds. The van der Waals surface area contributed by atoms with Crippen molar-refractivity contribution in [1.29, 1.82) is 0 Å². The smallest absolute Gasteiger partial charge is 0.269 e. The second-order valence-electron chi connectivity index (χ2n) is 4.87. The van der Waals surface area contributed by atoms with Crippen molar-refractivity contribution in [2.75, 3.05) is 20.8 Å². The highest BCUT2D eigenvalue weighted by atomic mass is 16.7. The SMILES string of the molecule is COC(COc1ccccc1OCc1cccc([N+](=O)[O-])c1)OC. The van der Waals surface area contributed by atoms with Crippen LogP contribution in [0.3, 0.4) is 0 Å². The van der Waals surface area contributed by atoms with Crippen LogP contribution in [0.2, 0.25) is 0 Å². The molecule has 24 heavy (non-hydrogen) atoms. The monoisotopic (exact) mass is 333 g/mol. The molecule has 0 N–H and O–H groups in total. The van der Waals surface area contributed by atoms with Crippen molar-refractivity contribution in [2.45, 2.75) is 12.9 Å². The molecule has 2 aromatic rings. The maximum absolute atomic E-state index is 10.8. The molecule has 0 aliphatic rings. The van der Waals surface area contributed by atoms with Crippen LogP contribution in [0, 0.1) is 10.1 Å². The standard InChI is InChI=1S/C17H19NO6/c1-21-17(22-2)12-24-16-9-4-3-8-15(16)23-11-13-6-5-7-14(10-13)18(19)20/h3-10,17H,11-12H2,1-2H3. The topological polar surface area (TPSA) is 80.1 Å². The second-order valence-corrected chi connectivity index (χ2v) is 4.87. The van der Waals surface area contributed by atoms with Crippen molar-refractivity contribution in [1.82, 2.24) is 0 Å². The summed E-state index contributed by atoms with van der Waals surface area (Å²) < 4.78 is 21.5. The van der Waals surface area contributed by atoms with E-state index in [4.69, 9.17) is 18.9 Å². The number of nitro benzene ring substituents is 1. The van der Waals surface area contributed by atoms with Gasteiger partial charge in [0.2, 0.25) is 0 Å². The van der Waals surface area contributed by atoms with Crippen molar-refractivity contribution in [3.63, 3.8) is 0 Å². The Kier molecular flexibility index (Phi) is 6.53. The van der Waals surface area contributed by atoms with Crippen molar-refractivity contribution in [3.05, 3.63) is 64.2 Å². The number of methoxy groups -OCH3 is 2. The van der Waals surface area contributed by atoms with Gasteiger partial charge in [-0.05, 0) is 17.7 Å². The number of nitro groups is 1. The molecule has 7 heteroatoms. The summed E-state index contributed by atoms with van der Waals surface area (Å²) in [6.45, 7) is 0.407. The number of para-hydroxylation sites is 2. The Labute approximate surface area is 139 Å². The maximum atomic E-state index is 10.8. The third-order valence-electron chi connectivity index (χ3n) is 3.27. The summed E-state index contributed by atoms with van der Waals surface area (Å²) >= 11 is 0. The molecular weight excluding hydrogens is 314 g/mol. The molecule has 0 saturated carbocycles. The molecule has 0 bridgehead atoms. The predicted molar refractivity (Wildman–Crippen MR) is 87.2 cm³/mol. The van der Waals surface area contributed by atoms with Crippen molar-refractivity contribution < 1.29 is 23.9 Å². The third-order valence-corrected chi connectivity index (χ3v) is 3.27. The van der Waals surface area contributed by atoms with Gasteiger partial charge in [-0.3, -0.25) is 10.1 Å². The van der Waals surface area contributed by atoms with Crippen LogP contribution in [0.4, 0.5) is 5.69 Å². The van der Waals surface area contributed by atoms with Crippen LogP contribution in [-0.2, 0) is 16.1 Å². The van der Waals surface area contributed by atoms with E-state index in [0.717, 1.165) is 0 Å². The summed E-state index contributed by atoms with van der Waals surface area (Å²) in [4.78, 5) is 10.4. The maximum Gasteiger partial charge on any atom is 0.269 e. The summed E-state index contributed by atoms with van der Waals surface area (Å²) in [6.07, 6.45) is -0.477. The van der Waals surface area contributed by atoms with Gasteiger partial charge in [0.05, 0.1) is 4.92 Å². The lowest BCUT2D eigenvalue weighted by molar-refractivity contribution is -0.384. The van der Waals surface area contributed by atoms with Gasteiger partial charge >= 0.3 is 0 Å². The van der Waals surface area contributed by atoms with Crippen LogP contribution >= 0.6 is 0 Å².